The monoisotopic (exact) mass is 327 g/mol. The quantitative estimate of drug-likeness (QED) is 0.936. The van der Waals surface area contributed by atoms with E-state index in [4.69, 9.17) is 16.3 Å². The Labute approximate surface area is 140 Å². The van der Waals surface area contributed by atoms with Gasteiger partial charge in [0.25, 0.3) is 0 Å². The van der Waals surface area contributed by atoms with Crippen LogP contribution in [-0.2, 0) is 12.8 Å². The van der Waals surface area contributed by atoms with Gasteiger partial charge in [0.05, 0.1) is 12.4 Å². The number of hydrogen-bond donors (Lipinski definition) is 1. The Bertz CT molecular complexity index is 760. The molecule has 118 valence electrons. The van der Waals surface area contributed by atoms with Crippen LogP contribution in [0.4, 0.5) is 0 Å². The van der Waals surface area contributed by atoms with Gasteiger partial charge in [-0.05, 0) is 36.2 Å². The van der Waals surface area contributed by atoms with Crippen molar-refractivity contribution < 1.29 is 4.74 Å². The minimum absolute atomic E-state index is 0.0191. The van der Waals surface area contributed by atoms with Gasteiger partial charge in [-0.25, -0.2) is 0 Å². The number of aliphatic imine (C=N–C) groups is 1. The smallest absolute Gasteiger partial charge is 0.130 e. The van der Waals surface area contributed by atoms with Gasteiger partial charge in [-0.1, -0.05) is 17.7 Å². The lowest BCUT2D eigenvalue weighted by Crippen LogP contribution is -2.19. The van der Waals surface area contributed by atoms with E-state index >= 15 is 0 Å². The second kappa shape index (κ2) is 6.20. The van der Waals surface area contributed by atoms with Gasteiger partial charge in [-0.3, -0.25) is 9.98 Å². The van der Waals surface area contributed by atoms with Crippen LogP contribution in [0.3, 0.4) is 0 Å². The summed E-state index contributed by atoms with van der Waals surface area (Å²) in [5.74, 6) is 2.01. The molecule has 0 radical (unpaired) electrons. The molecule has 0 amide bonds. The van der Waals surface area contributed by atoms with Crippen LogP contribution in [0.2, 0.25) is 5.02 Å². The summed E-state index contributed by atoms with van der Waals surface area (Å²) >= 11 is 6.08. The van der Waals surface area contributed by atoms with Crippen molar-refractivity contribution in [2.45, 2.75) is 25.4 Å². The Morgan fingerprint density at radius 3 is 3.09 bits per heavy atom. The van der Waals surface area contributed by atoms with Gasteiger partial charge in [0, 0.05) is 41.9 Å². The van der Waals surface area contributed by atoms with Crippen molar-refractivity contribution in [1.29, 1.82) is 0 Å². The summed E-state index contributed by atoms with van der Waals surface area (Å²) in [6.45, 7) is 1.83. The van der Waals surface area contributed by atoms with Crippen molar-refractivity contribution in [1.82, 2.24) is 10.3 Å². The lowest BCUT2D eigenvalue weighted by atomic mass is 10.00. The first-order valence-electron chi connectivity index (χ1n) is 7.95. The first-order valence-corrected chi connectivity index (χ1v) is 8.33. The van der Waals surface area contributed by atoms with E-state index in [1.165, 1.54) is 11.1 Å². The molecule has 0 saturated heterocycles. The topological polar surface area (TPSA) is 46.5 Å². The van der Waals surface area contributed by atoms with Crippen LogP contribution in [0, 0.1) is 0 Å². The summed E-state index contributed by atoms with van der Waals surface area (Å²) in [5.41, 5.74) is 3.42. The van der Waals surface area contributed by atoms with Crippen LogP contribution in [0.25, 0.3) is 0 Å². The number of ether oxygens (including phenoxy) is 1. The molecule has 1 aromatic carbocycles. The zero-order chi connectivity index (χ0) is 15.6. The molecule has 3 heterocycles. The van der Waals surface area contributed by atoms with Crippen LogP contribution < -0.4 is 10.1 Å². The Kier molecular flexibility index (Phi) is 3.92. The summed E-state index contributed by atoms with van der Waals surface area (Å²) in [5, 5.41) is 4.07. The first-order chi connectivity index (χ1) is 11.3. The van der Waals surface area contributed by atoms with Gasteiger partial charge in [0.2, 0.25) is 0 Å². The largest absolute Gasteiger partial charge is 0.485 e. The van der Waals surface area contributed by atoms with Crippen molar-refractivity contribution >= 4 is 17.4 Å². The number of hydrogen-bond acceptors (Lipinski definition) is 4. The summed E-state index contributed by atoms with van der Waals surface area (Å²) < 4.78 is 6.12. The highest BCUT2D eigenvalue weighted by atomic mass is 35.5. The Morgan fingerprint density at radius 1 is 1.26 bits per heavy atom. The molecule has 5 heteroatoms. The number of nitrogens with zero attached hydrogens (tertiary/aromatic N) is 2. The van der Waals surface area contributed by atoms with Gasteiger partial charge in [0.15, 0.2) is 0 Å². The zero-order valence-corrected chi connectivity index (χ0v) is 13.5. The number of amidine groups is 1. The standard InChI is InChI=1S/C18H18ClN3O/c19-13-3-5-16-12(10-13)11-17(23-16)14-2-1-7-20-15(14)4-6-18-21-8-9-22-18/h1-3,5,7,10,17H,4,6,8-9,11H2,(H,21,22). The molecule has 2 aromatic rings. The van der Waals surface area contributed by atoms with E-state index in [2.05, 4.69) is 21.4 Å². The molecule has 1 unspecified atom stereocenters. The van der Waals surface area contributed by atoms with E-state index < -0.39 is 0 Å². The van der Waals surface area contributed by atoms with Gasteiger partial charge >= 0.3 is 0 Å². The molecule has 1 atom stereocenters. The Hall–Kier alpha value is -2.07. The maximum atomic E-state index is 6.12. The van der Waals surface area contributed by atoms with E-state index in [0.717, 1.165) is 54.7 Å². The van der Waals surface area contributed by atoms with Crippen LogP contribution in [0.5, 0.6) is 5.75 Å². The first kappa shape index (κ1) is 14.5. The second-order valence-corrected chi connectivity index (χ2v) is 6.29. The van der Waals surface area contributed by atoms with E-state index in [1.807, 2.05) is 30.5 Å². The predicted octanol–water partition coefficient (Wildman–Crippen LogP) is 3.35. The van der Waals surface area contributed by atoms with Crippen LogP contribution in [0.1, 0.15) is 29.3 Å². The minimum atomic E-state index is 0.0191. The third-order valence-corrected chi connectivity index (χ3v) is 4.55. The highest BCUT2D eigenvalue weighted by Gasteiger charge is 2.26. The number of halogens is 1. The molecule has 2 aliphatic heterocycles. The molecule has 0 spiro atoms. The maximum Gasteiger partial charge on any atom is 0.130 e. The Morgan fingerprint density at radius 2 is 2.22 bits per heavy atom. The van der Waals surface area contributed by atoms with Crippen LogP contribution >= 0.6 is 11.6 Å². The van der Waals surface area contributed by atoms with Gasteiger partial charge < -0.3 is 10.1 Å². The molecule has 1 aromatic heterocycles. The molecule has 0 fully saturated rings. The predicted molar refractivity (Wildman–Crippen MR) is 91.4 cm³/mol. The molecule has 4 rings (SSSR count). The van der Waals surface area contributed by atoms with Crippen molar-refractivity contribution in [2.24, 2.45) is 4.99 Å². The highest BCUT2D eigenvalue weighted by molar-refractivity contribution is 6.30. The number of aromatic nitrogens is 1. The number of aryl methyl sites for hydroxylation is 1. The summed E-state index contributed by atoms with van der Waals surface area (Å²) in [6, 6.07) is 9.90. The van der Waals surface area contributed by atoms with Gasteiger partial charge in [-0.2, -0.15) is 0 Å². The molecule has 0 saturated carbocycles. The normalized spacial score (nSPS) is 19.0. The molecule has 1 N–H and O–H groups in total. The SMILES string of the molecule is Clc1ccc2c(c1)CC(c1cccnc1CCC1=NCCN1)O2. The molecular weight excluding hydrogens is 310 g/mol. The lowest BCUT2D eigenvalue weighted by molar-refractivity contribution is 0.237. The fourth-order valence-corrected chi connectivity index (χ4v) is 3.39. The van der Waals surface area contributed by atoms with Crippen molar-refractivity contribution in [3.63, 3.8) is 0 Å². The van der Waals surface area contributed by atoms with Crippen molar-refractivity contribution in [3.05, 3.63) is 58.4 Å². The number of benzene rings is 1. The van der Waals surface area contributed by atoms with Crippen molar-refractivity contribution in [3.8, 4) is 5.75 Å². The molecule has 4 nitrogen and oxygen atoms in total. The van der Waals surface area contributed by atoms with Gasteiger partial charge in [0.1, 0.15) is 11.9 Å². The summed E-state index contributed by atoms with van der Waals surface area (Å²) in [7, 11) is 0. The fourth-order valence-electron chi connectivity index (χ4n) is 3.19. The number of pyridine rings is 1. The average molecular weight is 328 g/mol. The van der Waals surface area contributed by atoms with Crippen molar-refractivity contribution in [2.75, 3.05) is 13.1 Å². The summed E-state index contributed by atoms with van der Waals surface area (Å²) in [6.07, 6.45) is 4.48. The molecule has 23 heavy (non-hydrogen) atoms. The number of rotatable bonds is 4. The maximum absolute atomic E-state index is 6.12. The molecule has 0 aliphatic carbocycles. The fraction of sp³-hybridized carbons (Fsp3) is 0.333. The third kappa shape index (κ3) is 3.04. The van der Waals surface area contributed by atoms with E-state index in [-0.39, 0.29) is 6.10 Å². The zero-order valence-electron chi connectivity index (χ0n) is 12.8. The highest BCUT2D eigenvalue weighted by Crippen LogP contribution is 2.38. The van der Waals surface area contributed by atoms with Crippen LogP contribution in [-0.4, -0.2) is 23.9 Å². The van der Waals surface area contributed by atoms with E-state index in [1.54, 1.807) is 0 Å². The Balaban J connectivity index is 1.53. The van der Waals surface area contributed by atoms with E-state index in [9.17, 15) is 0 Å². The number of fused-ring (bicyclic) bond motifs is 1. The van der Waals surface area contributed by atoms with E-state index in [0.29, 0.717) is 0 Å². The summed E-state index contributed by atoms with van der Waals surface area (Å²) in [4.78, 5) is 9.03. The van der Waals surface area contributed by atoms with Crippen LogP contribution in [0.15, 0.2) is 41.5 Å². The molecular formula is C18H18ClN3O. The minimum Gasteiger partial charge on any atom is -0.485 e. The average Bonchev–Trinajstić information content (AvgIpc) is 3.22. The lowest BCUT2D eigenvalue weighted by Gasteiger charge is -2.15. The number of nitrogens with one attached hydrogen (secondary N) is 1. The second-order valence-electron chi connectivity index (χ2n) is 5.86. The molecule has 2 aliphatic rings. The van der Waals surface area contributed by atoms with Gasteiger partial charge in [-0.15, -0.1) is 0 Å². The third-order valence-electron chi connectivity index (χ3n) is 4.31. The molecule has 0 bridgehead atoms.